The third-order valence-corrected chi connectivity index (χ3v) is 7.87. The predicted octanol–water partition coefficient (Wildman–Crippen LogP) is 4.53. The second-order valence-electron chi connectivity index (χ2n) is 7.44. The van der Waals surface area contributed by atoms with E-state index in [9.17, 15) is 13.2 Å². The predicted molar refractivity (Wildman–Crippen MR) is 129 cm³/mol. The van der Waals surface area contributed by atoms with Crippen LogP contribution in [0, 0.1) is 0 Å². The number of benzene rings is 2. The van der Waals surface area contributed by atoms with Crippen LogP contribution in [0.1, 0.15) is 31.7 Å². The molecule has 0 N–H and O–H groups in total. The number of fused-ring (bicyclic) bond motifs is 1. The van der Waals surface area contributed by atoms with Crippen LogP contribution in [0.15, 0.2) is 65.0 Å². The molecule has 3 rings (SSSR count). The molecule has 0 spiro atoms. The number of carbonyl (C=O) groups excluding carboxylic acids is 1. The van der Waals surface area contributed by atoms with Crippen LogP contribution in [0.25, 0.3) is 10.2 Å². The Bertz CT molecular complexity index is 1270. The van der Waals surface area contributed by atoms with E-state index in [0.29, 0.717) is 17.1 Å². The Morgan fingerprint density at radius 2 is 1.97 bits per heavy atom. The normalized spacial score (nSPS) is 12.2. The minimum atomic E-state index is -3.59. The van der Waals surface area contributed by atoms with Crippen molar-refractivity contribution in [3.8, 4) is 5.75 Å². The molecule has 32 heavy (non-hydrogen) atoms. The van der Waals surface area contributed by atoms with Crippen molar-refractivity contribution in [1.29, 1.82) is 0 Å². The number of hydrogen-bond acceptors (Lipinski definition) is 5. The molecule has 170 valence electrons. The Morgan fingerprint density at radius 3 is 2.62 bits per heavy atom. The first-order valence-corrected chi connectivity index (χ1v) is 13.0. The second kappa shape index (κ2) is 10.7. The summed E-state index contributed by atoms with van der Waals surface area (Å²) in [5, 5.41) is 0. The minimum Gasteiger partial charge on any atom is -0.497 e. The largest absolute Gasteiger partial charge is 0.497 e. The summed E-state index contributed by atoms with van der Waals surface area (Å²) in [6, 6.07) is 12.4. The topological polar surface area (TPSA) is 77.7 Å². The summed E-state index contributed by atoms with van der Waals surface area (Å²) in [4.78, 5) is 17.5. The molecule has 0 atom stereocenters. The number of methoxy groups -OCH3 is 1. The van der Waals surface area contributed by atoms with Crippen LogP contribution in [0.3, 0.4) is 0 Å². The highest BCUT2D eigenvalue weighted by atomic mass is 32.2. The first-order chi connectivity index (χ1) is 15.4. The van der Waals surface area contributed by atoms with Gasteiger partial charge in [0.15, 0.2) is 14.6 Å². The molecule has 0 bridgehead atoms. The van der Waals surface area contributed by atoms with Gasteiger partial charge in [0, 0.05) is 13.0 Å². The molecule has 2 aromatic carbocycles. The first-order valence-electron chi connectivity index (χ1n) is 10.6. The number of thiazole rings is 1. The summed E-state index contributed by atoms with van der Waals surface area (Å²) in [5.41, 5.74) is 2.25. The smallest absolute Gasteiger partial charge is 0.249 e. The van der Waals surface area contributed by atoms with Gasteiger partial charge in [-0.25, -0.2) is 8.42 Å². The van der Waals surface area contributed by atoms with Crippen molar-refractivity contribution >= 4 is 37.3 Å². The van der Waals surface area contributed by atoms with Gasteiger partial charge in [0.25, 0.3) is 0 Å². The molecule has 1 aromatic heterocycles. The van der Waals surface area contributed by atoms with Gasteiger partial charge in [-0.15, -0.1) is 6.58 Å². The summed E-state index contributed by atoms with van der Waals surface area (Å²) in [6.07, 6.45) is 4.85. The minimum absolute atomic E-state index is 0.161. The van der Waals surface area contributed by atoms with Crippen LogP contribution in [-0.2, 0) is 27.6 Å². The summed E-state index contributed by atoms with van der Waals surface area (Å²) in [5.74, 6) is -0.183. The van der Waals surface area contributed by atoms with Crippen molar-refractivity contribution in [3.05, 3.63) is 65.5 Å². The van der Waals surface area contributed by atoms with Gasteiger partial charge in [0.05, 0.1) is 28.0 Å². The molecule has 0 aliphatic heterocycles. The molecule has 0 saturated carbocycles. The van der Waals surface area contributed by atoms with E-state index in [2.05, 4.69) is 36.7 Å². The monoisotopic (exact) mass is 472 g/mol. The third kappa shape index (κ3) is 5.75. The van der Waals surface area contributed by atoms with Gasteiger partial charge >= 0.3 is 0 Å². The SMILES string of the molecule is C=CCn1c(=NC(=O)CCS(=O)(=O)c2ccc(OC)cc2)sc2cc(CCCC)ccc21. The lowest BCUT2D eigenvalue weighted by Gasteiger charge is -2.05. The number of rotatable bonds is 10. The molecule has 0 unspecified atom stereocenters. The van der Waals surface area contributed by atoms with Gasteiger partial charge in [-0.05, 0) is 54.8 Å². The zero-order valence-electron chi connectivity index (χ0n) is 18.4. The van der Waals surface area contributed by atoms with Crippen LogP contribution >= 0.6 is 11.3 Å². The van der Waals surface area contributed by atoms with Gasteiger partial charge in [0.2, 0.25) is 5.91 Å². The molecule has 0 saturated heterocycles. The van der Waals surface area contributed by atoms with Crippen LogP contribution in [0.4, 0.5) is 0 Å². The van der Waals surface area contributed by atoms with Crippen LogP contribution in [0.2, 0.25) is 0 Å². The first kappa shape index (κ1) is 23.9. The number of carbonyl (C=O) groups is 1. The second-order valence-corrected chi connectivity index (χ2v) is 10.6. The number of aryl methyl sites for hydroxylation is 1. The van der Waals surface area contributed by atoms with Gasteiger partial charge in [-0.1, -0.05) is 36.8 Å². The lowest BCUT2D eigenvalue weighted by atomic mass is 10.1. The highest BCUT2D eigenvalue weighted by Crippen LogP contribution is 2.21. The summed E-state index contributed by atoms with van der Waals surface area (Å²) < 4.78 is 33.2. The summed E-state index contributed by atoms with van der Waals surface area (Å²) >= 11 is 1.44. The molecule has 0 fully saturated rings. The molecule has 1 amide bonds. The maximum absolute atomic E-state index is 12.6. The molecular weight excluding hydrogens is 444 g/mol. The Labute approximate surface area is 192 Å². The number of aromatic nitrogens is 1. The molecule has 3 aromatic rings. The van der Waals surface area contributed by atoms with Gasteiger partial charge < -0.3 is 9.30 Å². The van der Waals surface area contributed by atoms with E-state index < -0.39 is 15.7 Å². The summed E-state index contributed by atoms with van der Waals surface area (Å²) in [7, 11) is -2.07. The van der Waals surface area contributed by atoms with E-state index in [0.717, 1.165) is 29.5 Å². The third-order valence-electron chi connectivity index (χ3n) is 5.10. The Kier molecular flexibility index (Phi) is 8.04. The van der Waals surface area contributed by atoms with Gasteiger partial charge in [-0.2, -0.15) is 4.99 Å². The van der Waals surface area contributed by atoms with Crippen LogP contribution in [-0.4, -0.2) is 31.8 Å². The number of amides is 1. The lowest BCUT2D eigenvalue weighted by Crippen LogP contribution is -2.17. The number of ether oxygens (including phenoxy) is 1. The van der Waals surface area contributed by atoms with E-state index in [-0.39, 0.29) is 17.1 Å². The van der Waals surface area contributed by atoms with Crippen molar-refractivity contribution in [2.45, 2.75) is 44.0 Å². The Balaban J connectivity index is 1.82. The number of hydrogen-bond donors (Lipinski definition) is 0. The van der Waals surface area contributed by atoms with Crippen molar-refractivity contribution in [2.24, 2.45) is 4.99 Å². The quantitative estimate of drug-likeness (QED) is 0.406. The molecular formula is C24H28N2O4S2. The maximum atomic E-state index is 12.6. The van der Waals surface area contributed by atoms with E-state index in [1.54, 1.807) is 18.2 Å². The van der Waals surface area contributed by atoms with E-state index in [1.165, 1.54) is 36.1 Å². The number of allylic oxidation sites excluding steroid dienone is 1. The van der Waals surface area contributed by atoms with Gasteiger partial charge in [0.1, 0.15) is 5.75 Å². The fourth-order valence-electron chi connectivity index (χ4n) is 3.33. The Hall–Kier alpha value is -2.71. The number of sulfone groups is 1. The summed E-state index contributed by atoms with van der Waals surface area (Å²) in [6.45, 7) is 6.49. The standard InChI is InChI=1S/C24H28N2O4S2/c1-4-6-7-18-8-13-21-22(17-18)31-24(26(21)15-5-2)25-23(27)14-16-32(28,29)20-11-9-19(30-3)10-12-20/h5,8-13,17H,2,4,6-7,14-16H2,1,3H3. The molecule has 0 aliphatic rings. The fourth-order valence-corrected chi connectivity index (χ4v) is 5.68. The highest BCUT2D eigenvalue weighted by Gasteiger charge is 2.17. The van der Waals surface area contributed by atoms with Crippen LogP contribution in [0.5, 0.6) is 5.75 Å². The van der Waals surface area contributed by atoms with Crippen LogP contribution < -0.4 is 9.54 Å². The average Bonchev–Trinajstić information content (AvgIpc) is 3.12. The maximum Gasteiger partial charge on any atom is 0.249 e. The van der Waals surface area contributed by atoms with Crippen molar-refractivity contribution in [3.63, 3.8) is 0 Å². The van der Waals surface area contributed by atoms with Crippen molar-refractivity contribution in [2.75, 3.05) is 12.9 Å². The van der Waals surface area contributed by atoms with E-state index in [4.69, 9.17) is 4.74 Å². The molecule has 6 nitrogen and oxygen atoms in total. The van der Waals surface area contributed by atoms with Gasteiger partial charge in [-0.3, -0.25) is 4.79 Å². The molecule has 1 heterocycles. The Morgan fingerprint density at radius 1 is 1.22 bits per heavy atom. The van der Waals surface area contributed by atoms with E-state index in [1.807, 2.05) is 4.57 Å². The number of nitrogens with zero attached hydrogens (tertiary/aromatic N) is 2. The van der Waals surface area contributed by atoms with Crippen molar-refractivity contribution < 1.29 is 17.9 Å². The average molecular weight is 473 g/mol. The van der Waals surface area contributed by atoms with E-state index >= 15 is 0 Å². The lowest BCUT2D eigenvalue weighted by molar-refractivity contribution is -0.117. The number of unbranched alkanes of at least 4 members (excludes halogenated alkanes) is 1. The molecule has 8 heteroatoms. The van der Waals surface area contributed by atoms with Crippen molar-refractivity contribution in [1.82, 2.24) is 4.57 Å². The highest BCUT2D eigenvalue weighted by molar-refractivity contribution is 7.91. The fraction of sp³-hybridized carbons (Fsp3) is 0.333. The zero-order chi connectivity index (χ0) is 23.1. The zero-order valence-corrected chi connectivity index (χ0v) is 20.0. The molecule has 0 aliphatic carbocycles. The molecule has 0 radical (unpaired) electrons.